The highest BCUT2D eigenvalue weighted by molar-refractivity contribution is 7.89. The number of Topliss-reactive ketones (excluding diaryl/α,β-unsaturated/α-hetero) is 1. The monoisotopic (exact) mass is 412 g/mol. The maximum absolute atomic E-state index is 13.1. The maximum atomic E-state index is 13.1. The predicted molar refractivity (Wildman–Crippen MR) is 112 cm³/mol. The molecule has 0 saturated heterocycles. The number of H-pyrrole nitrogens is 1. The van der Waals surface area contributed by atoms with Crippen molar-refractivity contribution in [3.63, 3.8) is 0 Å². The first kappa shape index (κ1) is 19.7. The zero-order chi connectivity index (χ0) is 20.6. The van der Waals surface area contributed by atoms with Gasteiger partial charge in [-0.05, 0) is 54.7 Å². The van der Waals surface area contributed by atoms with Gasteiger partial charge >= 0.3 is 0 Å². The Labute approximate surface area is 170 Å². The van der Waals surface area contributed by atoms with Gasteiger partial charge in [0.05, 0.1) is 12.0 Å². The Morgan fingerprint density at radius 2 is 2.00 bits per heavy atom. The lowest BCUT2D eigenvalue weighted by Gasteiger charge is -2.12. The van der Waals surface area contributed by atoms with Gasteiger partial charge in [-0.25, -0.2) is 13.1 Å². The van der Waals surface area contributed by atoms with Gasteiger partial charge in [-0.2, -0.15) is 0 Å². The van der Waals surface area contributed by atoms with Crippen molar-refractivity contribution in [3.05, 3.63) is 58.8 Å². The van der Waals surface area contributed by atoms with Crippen molar-refractivity contribution in [2.24, 2.45) is 0 Å². The van der Waals surface area contributed by atoms with E-state index in [0.717, 1.165) is 35.0 Å². The number of carbonyl (C=O) groups is 1. The second kappa shape index (κ2) is 7.65. The highest BCUT2D eigenvalue weighted by Crippen LogP contribution is 2.32. The third-order valence-electron chi connectivity index (χ3n) is 5.44. The van der Waals surface area contributed by atoms with E-state index in [0.29, 0.717) is 29.7 Å². The summed E-state index contributed by atoms with van der Waals surface area (Å²) in [6.45, 7) is 2.09. The van der Waals surface area contributed by atoms with Crippen LogP contribution in [0.4, 0.5) is 0 Å². The van der Waals surface area contributed by atoms with Gasteiger partial charge in [0.25, 0.3) is 0 Å². The van der Waals surface area contributed by atoms with E-state index in [1.54, 1.807) is 19.2 Å². The van der Waals surface area contributed by atoms with Crippen LogP contribution in [0.1, 0.15) is 46.9 Å². The van der Waals surface area contributed by atoms with Gasteiger partial charge in [0.2, 0.25) is 10.0 Å². The molecule has 152 valence electrons. The van der Waals surface area contributed by atoms with Gasteiger partial charge in [-0.3, -0.25) is 4.79 Å². The summed E-state index contributed by atoms with van der Waals surface area (Å²) < 4.78 is 34.0. The molecule has 29 heavy (non-hydrogen) atoms. The van der Waals surface area contributed by atoms with Crippen molar-refractivity contribution in [1.82, 2.24) is 9.71 Å². The average molecular weight is 413 g/mol. The Kier molecular flexibility index (Phi) is 5.19. The lowest BCUT2D eigenvalue weighted by molar-refractivity contribution is 0.0974. The minimum absolute atomic E-state index is 0.131. The van der Waals surface area contributed by atoms with Crippen LogP contribution in [-0.4, -0.2) is 26.3 Å². The van der Waals surface area contributed by atoms with E-state index in [-0.39, 0.29) is 17.2 Å². The summed E-state index contributed by atoms with van der Waals surface area (Å²) in [6.07, 6.45) is 2.74. The molecule has 0 unspecified atom stereocenters. The van der Waals surface area contributed by atoms with Crippen molar-refractivity contribution < 1.29 is 17.9 Å². The number of ketones is 1. The quantitative estimate of drug-likeness (QED) is 0.646. The minimum atomic E-state index is -3.72. The highest BCUT2D eigenvalue weighted by atomic mass is 32.2. The summed E-state index contributed by atoms with van der Waals surface area (Å²) in [6, 6.07) is 10.8. The Bertz CT molecular complexity index is 1190. The molecule has 4 rings (SSSR count). The van der Waals surface area contributed by atoms with E-state index in [1.165, 1.54) is 0 Å². The van der Waals surface area contributed by atoms with E-state index in [1.807, 2.05) is 31.2 Å². The molecule has 2 N–H and O–H groups in total. The standard InChI is InChI=1S/C22H24N2O4S/c1-3-15-11-17-19(24-18-8-5-9-20(25)22(17)18)12-21(15)29(26,27)23-13-14-6-4-7-16(10-14)28-2/h4,6-7,10-12,23-24H,3,5,8-9,13H2,1-2H3. The second-order valence-electron chi connectivity index (χ2n) is 7.29. The lowest BCUT2D eigenvalue weighted by Crippen LogP contribution is -2.24. The number of aromatic amines is 1. The molecule has 0 radical (unpaired) electrons. The van der Waals surface area contributed by atoms with Crippen LogP contribution in [0.25, 0.3) is 10.9 Å². The molecule has 0 spiro atoms. The number of aryl methyl sites for hydroxylation is 2. The third-order valence-corrected chi connectivity index (χ3v) is 6.92. The summed E-state index contributed by atoms with van der Waals surface area (Å²) in [5, 5.41) is 0.827. The molecule has 0 atom stereocenters. The molecule has 6 nitrogen and oxygen atoms in total. The van der Waals surface area contributed by atoms with Crippen LogP contribution in [-0.2, 0) is 29.4 Å². The first-order valence-corrected chi connectivity index (χ1v) is 11.2. The van der Waals surface area contributed by atoms with Crippen molar-refractivity contribution in [2.75, 3.05) is 7.11 Å². The third kappa shape index (κ3) is 3.68. The van der Waals surface area contributed by atoms with E-state index in [9.17, 15) is 13.2 Å². The molecule has 2 aromatic carbocycles. The number of benzene rings is 2. The Balaban J connectivity index is 1.70. The molecule has 0 amide bonds. The molecule has 3 aromatic rings. The molecule has 1 aromatic heterocycles. The smallest absolute Gasteiger partial charge is 0.241 e. The molecular weight excluding hydrogens is 388 g/mol. The maximum Gasteiger partial charge on any atom is 0.241 e. The van der Waals surface area contributed by atoms with E-state index in [4.69, 9.17) is 4.74 Å². The van der Waals surface area contributed by atoms with Crippen molar-refractivity contribution in [2.45, 2.75) is 44.0 Å². The molecular formula is C22H24N2O4S. The lowest BCUT2D eigenvalue weighted by atomic mass is 9.94. The molecule has 1 aliphatic carbocycles. The van der Waals surface area contributed by atoms with Gasteiger partial charge in [0.1, 0.15) is 5.75 Å². The van der Waals surface area contributed by atoms with Crippen LogP contribution < -0.4 is 9.46 Å². The van der Waals surface area contributed by atoms with Gasteiger partial charge in [0, 0.05) is 35.1 Å². The summed E-state index contributed by atoms with van der Waals surface area (Å²) in [4.78, 5) is 15.9. The topological polar surface area (TPSA) is 88.3 Å². The van der Waals surface area contributed by atoms with Crippen LogP contribution in [0.15, 0.2) is 41.3 Å². The largest absolute Gasteiger partial charge is 0.497 e. The Hall–Kier alpha value is -2.64. The van der Waals surface area contributed by atoms with Gasteiger partial charge in [0.15, 0.2) is 5.78 Å². The van der Waals surface area contributed by atoms with Crippen LogP contribution in [0.2, 0.25) is 0 Å². The molecule has 1 heterocycles. The fourth-order valence-corrected chi connectivity index (χ4v) is 5.28. The van der Waals surface area contributed by atoms with Crippen LogP contribution in [0.5, 0.6) is 5.75 Å². The summed E-state index contributed by atoms with van der Waals surface area (Å²) in [5.74, 6) is 0.810. The first-order chi connectivity index (χ1) is 13.9. The average Bonchev–Trinajstić information content (AvgIpc) is 3.10. The van der Waals surface area contributed by atoms with Gasteiger partial charge in [-0.1, -0.05) is 19.1 Å². The number of nitrogens with one attached hydrogen (secondary N) is 2. The molecule has 0 bridgehead atoms. The Morgan fingerprint density at radius 3 is 2.76 bits per heavy atom. The number of sulfonamides is 1. The fraction of sp³-hybridized carbons (Fsp3) is 0.318. The Morgan fingerprint density at radius 1 is 1.17 bits per heavy atom. The SMILES string of the molecule is CCc1cc2c3c([nH]c2cc1S(=O)(=O)NCc1cccc(OC)c1)CCCC3=O. The highest BCUT2D eigenvalue weighted by Gasteiger charge is 2.25. The number of methoxy groups -OCH3 is 1. The number of hydrogen-bond donors (Lipinski definition) is 2. The van der Waals surface area contributed by atoms with E-state index in [2.05, 4.69) is 9.71 Å². The number of hydrogen-bond acceptors (Lipinski definition) is 4. The summed E-state index contributed by atoms with van der Waals surface area (Å²) >= 11 is 0. The number of rotatable bonds is 6. The second-order valence-corrected chi connectivity index (χ2v) is 9.03. The minimum Gasteiger partial charge on any atom is -0.497 e. The normalized spacial score (nSPS) is 14.2. The molecule has 0 aliphatic heterocycles. The van der Waals surface area contributed by atoms with Crippen LogP contribution >= 0.6 is 0 Å². The van der Waals surface area contributed by atoms with Crippen molar-refractivity contribution in [1.29, 1.82) is 0 Å². The zero-order valence-corrected chi connectivity index (χ0v) is 17.4. The molecule has 0 saturated carbocycles. The van der Waals surface area contributed by atoms with Crippen LogP contribution in [0.3, 0.4) is 0 Å². The molecule has 1 aliphatic rings. The zero-order valence-electron chi connectivity index (χ0n) is 16.5. The number of fused-ring (bicyclic) bond motifs is 3. The first-order valence-electron chi connectivity index (χ1n) is 9.76. The van der Waals surface area contributed by atoms with Gasteiger partial charge < -0.3 is 9.72 Å². The summed E-state index contributed by atoms with van der Waals surface area (Å²) in [7, 11) is -2.15. The fourth-order valence-electron chi connectivity index (χ4n) is 3.94. The van der Waals surface area contributed by atoms with Gasteiger partial charge in [-0.15, -0.1) is 0 Å². The van der Waals surface area contributed by atoms with Crippen molar-refractivity contribution in [3.8, 4) is 5.75 Å². The van der Waals surface area contributed by atoms with Crippen molar-refractivity contribution >= 4 is 26.7 Å². The molecule has 7 heteroatoms. The van der Waals surface area contributed by atoms with E-state index < -0.39 is 10.0 Å². The predicted octanol–water partition coefficient (Wildman–Crippen LogP) is 3.74. The number of aromatic nitrogens is 1. The van der Waals surface area contributed by atoms with Crippen LogP contribution in [0, 0.1) is 0 Å². The molecule has 0 fully saturated rings. The summed E-state index contributed by atoms with van der Waals surface area (Å²) in [5.41, 5.74) is 3.86. The number of carbonyl (C=O) groups excluding carboxylic acids is 1. The number of ether oxygens (including phenoxy) is 1. The van der Waals surface area contributed by atoms with E-state index >= 15 is 0 Å².